The van der Waals surface area contributed by atoms with Crippen LogP contribution in [0.2, 0.25) is 0 Å². The molecule has 1 aromatic rings. The lowest BCUT2D eigenvalue weighted by Crippen LogP contribution is -2.35. The van der Waals surface area contributed by atoms with Crippen LogP contribution in [0.1, 0.15) is 13.3 Å². The van der Waals surface area contributed by atoms with Gasteiger partial charge in [-0.05, 0) is 24.6 Å². The van der Waals surface area contributed by atoms with Crippen LogP contribution in [0.25, 0.3) is 0 Å². The van der Waals surface area contributed by atoms with Crippen molar-refractivity contribution in [1.82, 2.24) is 4.90 Å². The van der Waals surface area contributed by atoms with E-state index in [0.717, 1.165) is 16.6 Å². The van der Waals surface area contributed by atoms with Gasteiger partial charge in [0.2, 0.25) is 5.91 Å². The predicted octanol–water partition coefficient (Wildman–Crippen LogP) is 3.46. The maximum Gasteiger partial charge on any atom is 0.243 e. The van der Waals surface area contributed by atoms with Crippen LogP contribution < -0.4 is 5.32 Å². The van der Waals surface area contributed by atoms with Crippen molar-refractivity contribution >= 4 is 55.8 Å². The zero-order valence-electron chi connectivity index (χ0n) is 9.85. The maximum atomic E-state index is 12.0. The molecular weight excluding hydrogens is 332 g/mol. The molecule has 0 radical (unpaired) electrons. The summed E-state index contributed by atoms with van der Waals surface area (Å²) in [5.74, 6) is 0.106. The van der Waals surface area contributed by atoms with Gasteiger partial charge in [-0.25, -0.2) is 0 Å². The van der Waals surface area contributed by atoms with Crippen molar-refractivity contribution in [2.24, 2.45) is 0 Å². The van der Waals surface area contributed by atoms with Crippen molar-refractivity contribution in [2.45, 2.75) is 18.6 Å². The summed E-state index contributed by atoms with van der Waals surface area (Å²) >= 11 is 10.1. The third-order valence-corrected chi connectivity index (χ3v) is 4.89. The average molecular weight is 345 g/mol. The van der Waals surface area contributed by atoms with E-state index in [0.29, 0.717) is 11.0 Å². The largest absolute Gasteiger partial charge is 0.367 e. The fraction of sp³-hybridized carbons (Fsp3) is 0.333. The molecule has 6 heteroatoms. The molecule has 96 valence electrons. The van der Waals surface area contributed by atoms with Gasteiger partial charge in [0, 0.05) is 10.2 Å². The van der Waals surface area contributed by atoms with Crippen molar-refractivity contribution in [3.63, 3.8) is 0 Å². The molecule has 1 aliphatic rings. The van der Waals surface area contributed by atoms with Gasteiger partial charge in [-0.1, -0.05) is 52.9 Å². The highest BCUT2D eigenvalue weighted by molar-refractivity contribution is 9.10. The molecule has 1 atom stereocenters. The number of benzene rings is 1. The highest BCUT2D eigenvalue weighted by Crippen LogP contribution is 2.29. The quantitative estimate of drug-likeness (QED) is 0.847. The minimum absolute atomic E-state index is 0.0122. The summed E-state index contributed by atoms with van der Waals surface area (Å²) in [6.07, 6.45) is 0.816. The molecule has 18 heavy (non-hydrogen) atoms. The topological polar surface area (TPSA) is 32.3 Å². The molecule has 0 spiro atoms. The van der Waals surface area contributed by atoms with Crippen molar-refractivity contribution in [3.05, 3.63) is 28.7 Å². The average Bonchev–Trinajstić information content (AvgIpc) is 2.62. The number of hydrogen-bond donors (Lipinski definition) is 1. The minimum atomic E-state index is -0.0122. The van der Waals surface area contributed by atoms with Gasteiger partial charge in [-0.15, -0.1) is 0 Å². The van der Waals surface area contributed by atoms with E-state index < -0.39 is 0 Å². The van der Waals surface area contributed by atoms with Gasteiger partial charge in [0.05, 0.1) is 11.9 Å². The Bertz CT molecular complexity index is 481. The van der Waals surface area contributed by atoms with Gasteiger partial charge >= 0.3 is 0 Å². The molecular formula is C12H13BrN2OS2. The van der Waals surface area contributed by atoms with Gasteiger partial charge in [-0.3, -0.25) is 9.69 Å². The fourth-order valence-electron chi connectivity index (χ4n) is 1.67. The summed E-state index contributed by atoms with van der Waals surface area (Å²) in [6.45, 7) is 2.43. The molecule has 1 heterocycles. The number of thioether (sulfide) groups is 1. The molecule has 1 saturated heterocycles. The Hall–Kier alpha value is -0.590. The second-order valence-corrected chi connectivity index (χ2v) is 6.64. The summed E-state index contributed by atoms with van der Waals surface area (Å²) in [6, 6.07) is 7.83. The first-order chi connectivity index (χ1) is 8.61. The molecule has 0 saturated carbocycles. The number of carbonyl (C=O) groups is 1. The van der Waals surface area contributed by atoms with Crippen molar-refractivity contribution in [3.8, 4) is 0 Å². The van der Waals surface area contributed by atoms with Crippen LogP contribution in [0, 0.1) is 0 Å². The summed E-state index contributed by atoms with van der Waals surface area (Å²) in [4.78, 5) is 13.6. The van der Waals surface area contributed by atoms with E-state index in [2.05, 4.69) is 21.2 Å². The van der Waals surface area contributed by atoms with Crippen molar-refractivity contribution < 1.29 is 4.79 Å². The number of carbonyl (C=O) groups excluding carboxylic acids is 1. The van der Waals surface area contributed by atoms with Crippen molar-refractivity contribution in [2.75, 3.05) is 12.0 Å². The van der Waals surface area contributed by atoms with Crippen LogP contribution >= 0.6 is 39.9 Å². The molecule has 1 amide bonds. The lowest BCUT2D eigenvalue weighted by Gasteiger charge is -2.17. The standard InChI is InChI=1S/C12H13BrN2OS2/c1-2-10-11(16)15(12(17)18-10)7-14-9-5-3-4-8(13)6-9/h3-6,10,14H,2,7H2,1H3. The smallest absolute Gasteiger partial charge is 0.243 e. The number of halogens is 1. The molecule has 0 aromatic heterocycles. The van der Waals surface area contributed by atoms with E-state index in [1.54, 1.807) is 4.90 Å². The van der Waals surface area contributed by atoms with Crippen LogP contribution in [0.15, 0.2) is 28.7 Å². The normalized spacial score (nSPS) is 19.4. The van der Waals surface area contributed by atoms with Crippen LogP contribution in [-0.4, -0.2) is 27.0 Å². The van der Waals surface area contributed by atoms with E-state index in [-0.39, 0.29) is 11.2 Å². The SMILES string of the molecule is CCC1SC(=S)N(CNc2cccc(Br)c2)C1=O. The van der Waals surface area contributed by atoms with E-state index in [9.17, 15) is 4.79 Å². The predicted molar refractivity (Wildman–Crippen MR) is 83.7 cm³/mol. The molecule has 1 aromatic carbocycles. The number of nitrogens with zero attached hydrogens (tertiary/aromatic N) is 1. The highest BCUT2D eigenvalue weighted by Gasteiger charge is 2.35. The van der Waals surface area contributed by atoms with Crippen LogP contribution in [0.5, 0.6) is 0 Å². The van der Waals surface area contributed by atoms with Gasteiger partial charge in [-0.2, -0.15) is 0 Å². The molecule has 0 aliphatic carbocycles. The Morgan fingerprint density at radius 1 is 1.56 bits per heavy atom. The fourth-order valence-corrected chi connectivity index (χ4v) is 3.49. The third kappa shape index (κ3) is 3.05. The number of hydrogen-bond acceptors (Lipinski definition) is 4. The third-order valence-electron chi connectivity index (χ3n) is 2.64. The Balaban J connectivity index is 1.98. The van der Waals surface area contributed by atoms with Crippen LogP contribution in [-0.2, 0) is 4.79 Å². The van der Waals surface area contributed by atoms with Gasteiger partial charge in [0.25, 0.3) is 0 Å². The number of anilines is 1. The number of amides is 1. The maximum absolute atomic E-state index is 12.0. The minimum Gasteiger partial charge on any atom is -0.367 e. The van der Waals surface area contributed by atoms with Crippen LogP contribution in [0.3, 0.4) is 0 Å². The Kier molecular flexibility index (Phi) is 4.64. The van der Waals surface area contributed by atoms with Crippen LogP contribution in [0.4, 0.5) is 5.69 Å². The zero-order valence-corrected chi connectivity index (χ0v) is 13.1. The molecule has 1 unspecified atom stereocenters. The molecule has 3 nitrogen and oxygen atoms in total. The summed E-state index contributed by atoms with van der Waals surface area (Å²) in [7, 11) is 0. The first-order valence-corrected chi connectivity index (χ1v) is 7.71. The molecule has 0 bridgehead atoms. The zero-order chi connectivity index (χ0) is 13.1. The van der Waals surface area contributed by atoms with E-state index in [4.69, 9.17) is 12.2 Å². The number of rotatable bonds is 4. The monoisotopic (exact) mass is 344 g/mol. The van der Waals surface area contributed by atoms with Gasteiger partial charge < -0.3 is 5.32 Å². The van der Waals surface area contributed by atoms with Gasteiger partial charge in [0.15, 0.2) is 0 Å². The Morgan fingerprint density at radius 2 is 2.33 bits per heavy atom. The summed E-state index contributed by atoms with van der Waals surface area (Å²) in [5.41, 5.74) is 0.963. The highest BCUT2D eigenvalue weighted by atomic mass is 79.9. The van der Waals surface area contributed by atoms with E-state index in [1.807, 2.05) is 31.2 Å². The van der Waals surface area contributed by atoms with Gasteiger partial charge in [0.1, 0.15) is 4.32 Å². The first-order valence-electron chi connectivity index (χ1n) is 5.63. The number of thiocarbonyl (C=S) groups is 1. The van der Waals surface area contributed by atoms with Crippen molar-refractivity contribution in [1.29, 1.82) is 0 Å². The second kappa shape index (κ2) is 6.04. The summed E-state index contributed by atoms with van der Waals surface area (Å²) in [5, 5.41) is 3.19. The molecule has 1 N–H and O–H groups in total. The first kappa shape index (κ1) is 13.8. The van der Waals surface area contributed by atoms with E-state index >= 15 is 0 Å². The number of nitrogens with one attached hydrogen (secondary N) is 1. The Morgan fingerprint density at radius 3 is 2.94 bits per heavy atom. The lowest BCUT2D eigenvalue weighted by molar-refractivity contribution is -0.125. The lowest BCUT2D eigenvalue weighted by atomic mass is 10.3. The molecule has 1 fully saturated rings. The molecule has 1 aliphatic heterocycles. The van der Waals surface area contributed by atoms with E-state index in [1.165, 1.54) is 11.8 Å². The summed E-state index contributed by atoms with van der Waals surface area (Å²) < 4.78 is 1.66. The molecule has 2 rings (SSSR count). The second-order valence-electron chi connectivity index (χ2n) is 3.89. The Labute approximate surface area is 124 Å².